The molecule has 0 amide bonds. The van der Waals surface area contributed by atoms with Gasteiger partial charge in [-0.05, 0) is 45.2 Å². The van der Waals surface area contributed by atoms with Crippen molar-refractivity contribution in [1.29, 1.82) is 0 Å². The summed E-state index contributed by atoms with van der Waals surface area (Å²) in [5, 5.41) is 1.09. The van der Waals surface area contributed by atoms with E-state index in [-0.39, 0.29) is 5.97 Å². The maximum absolute atomic E-state index is 12.9. The Morgan fingerprint density at radius 2 is 2.16 bits per heavy atom. The SMILES string of the molecule is CCOC(=O)[C@]1(Cc2ccccc2)CCCN(Cc2cnc(C)s2)C1. The van der Waals surface area contributed by atoms with Gasteiger partial charge < -0.3 is 4.74 Å². The molecule has 1 atom stereocenters. The van der Waals surface area contributed by atoms with Crippen LogP contribution in [0.1, 0.15) is 35.2 Å². The predicted molar refractivity (Wildman–Crippen MR) is 101 cm³/mol. The number of ether oxygens (including phenoxy) is 1. The first-order chi connectivity index (χ1) is 12.1. The van der Waals surface area contributed by atoms with Crippen molar-refractivity contribution in [2.75, 3.05) is 19.7 Å². The van der Waals surface area contributed by atoms with E-state index < -0.39 is 5.41 Å². The van der Waals surface area contributed by atoms with Crippen LogP contribution in [0.5, 0.6) is 0 Å². The number of piperidine rings is 1. The fourth-order valence-electron chi connectivity index (χ4n) is 3.71. The monoisotopic (exact) mass is 358 g/mol. The highest BCUT2D eigenvalue weighted by molar-refractivity contribution is 7.11. The lowest BCUT2D eigenvalue weighted by atomic mass is 9.75. The molecule has 4 nitrogen and oxygen atoms in total. The first-order valence-corrected chi connectivity index (χ1v) is 9.78. The molecule has 1 aromatic carbocycles. The van der Waals surface area contributed by atoms with Gasteiger partial charge in [-0.15, -0.1) is 11.3 Å². The molecule has 0 saturated carbocycles. The Hall–Kier alpha value is -1.72. The average Bonchev–Trinajstić information content (AvgIpc) is 3.01. The second-order valence-electron chi connectivity index (χ2n) is 6.82. The van der Waals surface area contributed by atoms with E-state index in [0.29, 0.717) is 6.61 Å². The first-order valence-electron chi connectivity index (χ1n) is 8.96. The molecule has 2 heterocycles. The van der Waals surface area contributed by atoms with Crippen LogP contribution in [0, 0.1) is 12.3 Å². The Bertz CT molecular complexity index is 701. The van der Waals surface area contributed by atoms with Crippen LogP contribution in [0.15, 0.2) is 36.5 Å². The first kappa shape index (κ1) is 18.1. The zero-order chi connectivity index (χ0) is 17.7. The highest BCUT2D eigenvalue weighted by Gasteiger charge is 2.43. The molecule has 1 fully saturated rings. The molecule has 2 aromatic rings. The lowest BCUT2D eigenvalue weighted by Gasteiger charge is -2.41. The zero-order valence-electron chi connectivity index (χ0n) is 15.0. The van der Waals surface area contributed by atoms with Gasteiger partial charge in [-0.3, -0.25) is 9.69 Å². The molecule has 25 heavy (non-hydrogen) atoms. The van der Waals surface area contributed by atoms with Crippen LogP contribution in [-0.2, 0) is 22.5 Å². The lowest BCUT2D eigenvalue weighted by Crippen LogP contribution is -2.49. The van der Waals surface area contributed by atoms with E-state index in [1.165, 1.54) is 10.4 Å². The van der Waals surface area contributed by atoms with Crippen molar-refractivity contribution in [3.8, 4) is 0 Å². The van der Waals surface area contributed by atoms with Gasteiger partial charge in [0.15, 0.2) is 0 Å². The zero-order valence-corrected chi connectivity index (χ0v) is 15.8. The Balaban J connectivity index is 1.79. The van der Waals surface area contributed by atoms with Gasteiger partial charge >= 0.3 is 5.97 Å². The number of benzene rings is 1. The maximum atomic E-state index is 12.9. The molecule has 0 radical (unpaired) electrons. The molecule has 1 aliphatic heterocycles. The Morgan fingerprint density at radius 1 is 1.36 bits per heavy atom. The molecule has 5 heteroatoms. The third-order valence-electron chi connectivity index (χ3n) is 4.80. The predicted octanol–water partition coefficient (Wildman–Crippen LogP) is 3.84. The summed E-state index contributed by atoms with van der Waals surface area (Å²) in [7, 11) is 0. The summed E-state index contributed by atoms with van der Waals surface area (Å²) >= 11 is 1.74. The van der Waals surface area contributed by atoms with Crippen LogP contribution in [0.3, 0.4) is 0 Å². The number of aryl methyl sites for hydroxylation is 1. The largest absolute Gasteiger partial charge is 0.466 e. The van der Waals surface area contributed by atoms with Crippen LogP contribution in [0.2, 0.25) is 0 Å². The highest BCUT2D eigenvalue weighted by Crippen LogP contribution is 2.36. The molecule has 0 unspecified atom stereocenters. The minimum atomic E-state index is -0.449. The van der Waals surface area contributed by atoms with Crippen molar-refractivity contribution in [3.63, 3.8) is 0 Å². The van der Waals surface area contributed by atoms with Gasteiger partial charge in [-0.2, -0.15) is 0 Å². The van der Waals surface area contributed by atoms with Crippen LogP contribution in [0.25, 0.3) is 0 Å². The number of thiazole rings is 1. The fraction of sp³-hybridized carbons (Fsp3) is 0.500. The van der Waals surface area contributed by atoms with Crippen molar-refractivity contribution in [2.45, 2.75) is 39.7 Å². The fourth-order valence-corrected chi connectivity index (χ4v) is 4.55. The third kappa shape index (κ3) is 4.47. The van der Waals surface area contributed by atoms with Crippen molar-refractivity contribution >= 4 is 17.3 Å². The minimum absolute atomic E-state index is 0.0518. The number of rotatable bonds is 6. The smallest absolute Gasteiger partial charge is 0.313 e. The number of carbonyl (C=O) groups is 1. The molecule has 0 aliphatic carbocycles. The van der Waals surface area contributed by atoms with Gasteiger partial charge in [-0.1, -0.05) is 30.3 Å². The molecule has 1 aliphatic rings. The van der Waals surface area contributed by atoms with Crippen LogP contribution >= 0.6 is 11.3 Å². The van der Waals surface area contributed by atoms with Crippen molar-refractivity contribution in [1.82, 2.24) is 9.88 Å². The second kappa shape index (κ2) is 8.11. The number of hydrogen-bond acceptors (Lipinski definition) is 5. The molecule has 0 spiro atoms. The summed E-state index contributed by atoms with van der Waals surface area (Å²) in [5.74, 6) is -0.0518. The van der Waals surface area contributed by atoms with Crippen molar-refractivity contribution in [3.05, 3.63) is 52.0 Å². The Morgan fingerprint density at radius 3 is 2.84 bits per heavy atom. The lowest BCUT2D eigenvalue weighted by molar-refractivity contribution is -0.159. The highest BCUT2D eigenvalue weighted by atomic mass is 32.1. The summed E-state index contributed by atoms with van der Waals surface area (Å²) in [6, 6.07) is 10.3. The molecule has 0 bridgehead atoms. The summed E-state index contributed by atoms with van der Waals surface area (Å²) in [6.45, 7) is 6.98. The average molecular weight is 359 g/mol. The van der Waals surface area contributed by atoms with E-state index in [0.717, 1.165) is 43.9 Å². The standard InChI is InChI=1S/C20H26N2O2S/c1-3-24-19(23)20(12-17-8-5-4-6-9-17)10-7-11-22(15-20)14-18-13-21-16(2)25-18/h4-6,8-9,13H,3,7,10-12,14-15H2,1-2H3/t20-/m0/s1. The van der Waals surface area contributed by atoms with Gasteiger partial charge in [0.1, 0.15) is 0 Å². The maximum Gasteiger partial charge on any atom is 0.313 e. The molecular formula is C20H26N2O2S. The number of aromatic nitrogens is 1. The van der Waals surface area contributed by atoms with Gasteiger partial charge in [0.05, 0.1) is 17.0 Å². The molecule has 1 aromatic heterocycles. The summed E-state index contributed by atoms with van der Waals surface area (Å²) < 4.78 is 5.48. The molecular weight excluding hydrogens is 332 g/mol. The van der Waals surface area contributed by atoms with Gasteiger partial charge in [0, 0.05) is 24.2 Å². The molecule has 1 saturated heterocycles. The van der Waals surface area contributed by atoms with E-state index in [1.807, 2.05) is 38.2 Å². The molecule has 3 rings (SSSR count). The molecule has 0 N–H and O–H groups in total. The van der Waals surface area contributed by atoms with Gasteiger partial charge in [0.2, 0.25) is 0 Å². The van der Waals surface area contributed by atoms with Crippen LogP contribution < -0.4 is 0 Å². The van der Waals surface area contributed by atoms with E-state index in [9.17, 15) is 4.79 Å². The van der Waals surface area contributed by atoms with Gasteiger partial charge in [-0.25, -0.2) is 4.98 Å². The number of nitrogens with zero attached hydrogens (tertiary/aromatic N) is 2. The quantitative estimate of drug-likeness (QED) is 0.736. The number of hydrogen-bond donors (Lipinski definition) is 0. The van der Waals surface area contributed by atoms with Crippen LogP contribution in [0.4, 0.5) is 0 Å². The number of carbonyl (C=O) groups excluding carboxylic acids is 1. The van der Waals surface area contributed by atoms with Gasteiger partial charge in [0.25, 0.3) is 0 Å². The topological polar surface area (TPSA) is 42.4 Å². The normalized spacial score (nSPS) is 21.2. The summed E-state index contributed by atoms with van der Waals surface area (Å²) in [4.78, 5) is 20.9. The van der Waals surface area contributed by atoms with E-state index in [4.69, 9.17) is 4.74 Å². The summed E-state index contributed by atoms with van der Waals surface area (Å²) in [5.41, 5.74) is 0.751. The third-order valence-corrected chi connectivity index (χ3v) is 5.70. The number of likely N-dealkylation sites (tertiary alicyclic amines) is 1. The minimum Gasteiger partial charge on any atom is -0.466 e. The van der Waals surface area contributed by atoms with Crippen LogP contribution in [-0.4, -0.2) is 35.5 Å². The Kier molecular flexibility index (Phi) is 5.86. The Labute approximate surface area is 153 Å². The molecule has 134 valence electrons. The van der Waals surface area contributed by atoms with E-state index >= 15 is 0 Å². The van der Waals surface area contributed by atoms with E-state index in [2.05, 4.69) is 22.0 Å². The number of esters is 1. The van der Waals surface area contributed by atoms with Crippen molar-refractivity contribution < 1.29 is 9.53 Å². The summed E-state index contributed by atoms with van der Waals surface area (Å²) in [6.07, 6.45) is 4.60. The second-order valence-corrected chi connectivity index (χ2v) is 8.14. The van der Waals surface area contributed by atoms with Crippen molar-refractivity contribution in [2.24, 2.45) is 5.41 Å². The van der Waals surface area contributed by atoms with E-state index in [1.54, 1.807) is 11.3 Å².